The zero-order valence-corrected chi connectivity index (χ0v) is 17.1. The quantitative estimate of drug-likeness (QED) is 0.341. The Hall–Kier alpha value is -2.62. The Morgan fingerprint density at radius 2 is 2.04 bits per heavy atom. The highest BCUT2D eigenvalue weighted by molar-refractivity contribution is 8.05. The van der Waals surface area contributed by atoms with Gasteiger partial charge in [0.05, 0.1) is 22.3 Å². The van der Waals surface area contributed by atoms with Gasteiger partial charge in [-0.2, -0.15) is 0 Å². The van der Waals surface area contributed by atoms with Crippen molar-refractivity contribution >= 4 is 41.7 Å². The predicted octanol–water partition coefficient (Wildman–Crippen LogP) is 3.49. The van der Waals surface area contributed by atoms with E-state index in [0.717, 1.165) is 23.2 Å². The van der Waals surface area contributed by atoms with E-state index in [0.29, 0.717) is 9.93 Å². The average molecular weight is 403 g/mol. The fourth-order valence-electron chi connectivity index (χ4n) is 2.26. The zero-order valence-electron chi connectivity index (χ0n) is 15.5. The molecule has 2 rings (SSSR count). The highest BCUT2D eigenvalue weighted by Crippen LogP contribution is 2.36. The number of rotatable bonds is 5. The molecular formula is C20H23ClN4OS. The molecule has 0 amide bonds. The molecule has 0 radical (unpaired) electrons. The fraction of sp³-hybridized carbons (Fsp3) is 0.200. The number of hydrogen-bond donors (Lipinski definition) is 2. The minimum absolute atomic E-state index is 0.117. The topological polar surface area (TPSA) is 73.4 Å². The number of para-hydroxylation sites is 1. The lowest BCUT2D eigenvalue weighted by Gasteiger charge is -2.17. The maximum atomic E-state index is 10.7. The second-order valence-corrected chi connectivity index (χ2v) is 7.20. The van der Waals surface area contributed by atoms with Crippen LogP contribution < -0.4 is 10.6 Å². The van der Waals surface area contributed by atoms with Gasteiger partial charge in [-0.3, -0.25) is 10.2 Å². The van der Waals surface area contributed by atoms with Crippen molar-refractivity contribution < 1.29 is 4.79 Å². The van der Waals surface area contributed by atoms with Gasteiger partial charge in [0.15, 0.2) is 6.29 Å². The molecular weight excluding hydrogens is 380 g/mol. The molecule has 3 N–H and O–H groups in total. The molecule has 1 aliphatic heterocycles. The van der Waals surface area contributed by atoms with E-state index in [9.17, 15) is 4.79 Å². The number of carbonyl (C=O) groups excluding carboxylic acids is 1. The number of terminal acetylenes is 1. The highest BCUT2D eigenvalue weighted by Gasteiger charge is 2.23. The third-order valence-electron chi connectivity index (χ3n) is 3.56. The molecule has 1 heterocycles. The second kappa shape index (κ2) is 11.2. The molecule has 142 valence electrons. The Balaban J connectivity index is 0.000000289. The number of thioether (sulfide) groups is 1. The highest BCUT2D eigenvalue weighted by atomic mass is 35.5. The predicted molar refractivity (Wildman–Crippen MR) is 117 cm³/mol. The lowest BCUT2D eigenvalue weighted by atomic mass is 10.1. The van der Waals surface area contributed by atoms with E-state index in [2.05, 4.69) is 5.92 Å². The van der Waals surface area contributed by atoms with Gasteiger partial charge in [0.1, 0.15) is 0 Å². The molecule has 0 aliphatic carbocycles. The number of benzene rings is 1. The summed E-state index contributed by atoms with van der Waals surface area (Å²) in [7, 11) is 5.61. The number of halogens is 1. The molecule has 1 aromatic rings. The first kappa shape index (κ1) is 22.4. The lowest BCUT2D eigenvalue weighted by Crippen LogP contribution is -2.14. The van der Waals surface area contributed by atoms with Crippen LogP contribution in [-0.2, 0) is 4.79 Å². The molecule has 0 saturated heterocycles. The number of anilines is 1. The molecule has 5 nitrogen and oxygen atoms in total. The van der Waals surface area contributed by atoms with E-state index < -0.39 is 0 Å². The van der Waals surface area contributed by atoms with Crippen molar-refractivity contribution in [3.63, 3.8) is 0 Å². The minimum Gasteiger partial charge on any atom is -0.405 e. The van der Waals surface area contributed by atoms with Gasteiger partial charge in [0.2, 0.25) is 0 Å². The van der Waals surface area contributed by atoms with E-state index in [1.165, 1.54) is 24.3 Å². The zero-order chi connectivity index (χ0) is 20.4. The van der Waals surface area contributed by atoms with Crippen LogP contribution >= 0.6 is 23.4 Å². The number of aldehydes is 1. The van der Waals surface area contributed by atoms with Crippen LogP contribution in [0.2, 0.25) is 5.02 Å². The van der Waals surface area contributed by atoms with Gasteiger partial charge in [-0.1, -0.05) is 29.7 Å². The third-order valence-corrected chi connectivity index (χ3v) is 4.99. The molecule has 1 atom stereocenters. The number of carbonyl (C=O) groups is 1. The van der Waals surface area contributed by atoms with E-state index in [-0.39, 0.29) is 5.25 Å². The Kier molecular flexibility index (Phi) is 9.27. The lowest BCUT2D eigenvalue weighted by molar-refractivity contribution is -0.104. The maximum absolute atomic E-state index is 10.7. The summed E-state index contributed by atoms with van der Waals surface area (Å²) >= 11 is 7.24. The number of nitrogens with two attached hydrogens (primary N) is 1. The summed E-state index contributed by atoms with van der Waals surface area (Å²) in [5.74, 6) is 2.66. The third kappa shape index (κ3) is 6.24. The van der Waals surface area contributed by atoms with E-state index >= 15 is 0 Å². The van der Waals surface area contributed by atoms with Crippen LogP contribution in [0.25, 0.3) is 0 Å². The van der Waals surface area contributed by atoms with E-state index in [4.69, 9.17) is 29.2 Å². The standard InChI is InChI=1S/C12H14N2OS.C8H9ClN2/c1-4-12-10(7-9(8-15)16-12)11(5-6-13)14(2)3;1-11(6-10)8-5-3-2-4-7(8)9/h1,5-8,12H,13H2,2-3H3;2-6,10H,1H3/b6-5-,11-10+;. The van der Waals surface area contributed by atoms with Gasteiger partial charge in [-0.15, -0.1) is 18.2 Å². The molecule has 0 bridgehead atoms. The van der Waals surface area contributed by atoms with Crippen molar-refractivity contribution in [1.82, 2.24) is 4.90 Å². The van der Waals surface area contributed by atoms with Crippen LogP contribution in [0.15, 0.2) is 58.8 Å². The first-order valence-corrected chi connectivity index (χ1v) is 9.22. The summed E-state index contributed by atoms with van der Waals surface area (Å²) in [6.07, 6.45) is 12.6. The second-order valence-electron chi connectivity index (χ2n) is 5.61. The first-order valence-electron chi connectivity index (χ1n) is 7.96. The first-order chi connectivity index (χ1) is 12.9. The van der Waals surface area contributed by atoms with Gasteiger partial charge < -0.3 is 15.5 Å². The number of hydrogen-bond acceptors (Lipinski definition) is 5. The fourth-order valence-corrected chi connectivity index (χ4v) is 3.43. The van der Waals surface area contributed by atoms with Crippen LogP contribution in [-0.4, -0.2) is 43.9 Å². The van der Waals surface area contributed by atoms with E-state index in [1.54, 1.807) is 24.1 Å². The normalized spacial score (nSPS) is 17.3. The van der Waals surface area contributed by atoms with Crippen molar-refractivity contribution in [2.45, 2.75) is 5.25 Å². The molecule has 7 heteroatoms. The number of nitrogens with zero attached hydrogens (tertiary/aromatic N) is 2. The van der Waals surface area contributed by atoms with Gasteiger partial charge in [0.25, 0.3) is 0 Å². The van der Waals surface area contributed by atoms with Crippen molar-refractivity contribution in [3.8, 4) is 12.3 Å². The Morgan fingerprint density at radius 1 is 1.37 bits per heavy atom. The molecule has 0 saturated carbocycles. The van der Waals surface area contributed by atoms with Crippen LogP contribution in [0, 0.1) is 17.8 Å². The van der Waals surface area contributed by atoms with Crippen LogP contribution in [0.3, 0.4) is 0 Å². The van der Waals surface area contributed by atoms with Crippen molar-refractivity contribution in [2.24, 2.45) is 5.73 Å². The van der Waals surface area contributed by atoms with Gasteiger partial charge in [0, 0.05) is 37.3 Å². The van der Waals surface area contributed by atoms with Crippen molar-refractivity contribution in [2.75, 3.05) is 26.0 Å². The molecule has 1 aliphatic rings. The summed E-state index contributed by atoms with van der Waals surface area (Å²) < 4.78 is 0. The summed E-state index contributed by atoms with van der Waals surface area (Å²) in [5, 5.41) is 7.53. The van der Waals surface area contributed by atoms with Crippen LogP contribution in [0.5, 0.6) is 0 Å². The molecule has 27 heavy (non-hydrogen) atoms. The van der Waals surface area contributed by atoms with Crippen LogP contribution in [0.4, 0.5) is 5.69 Å². The molecule has 1 unspecified atom stereocenters. The summed E-state index contributed by atoms with van der Waals surface area (Å²) in [6.45, 7) is 0. The molecule has 0 fully saturated rings. The monoisotopic (exact) mass is 402 g/mol. The van der Waals surface area contributed by atoms with Crippen LogP contribution in [0.1, 0.15) is 0 Å². The van der Waals surface area contributed by atoms with Gasteiger partial charge in [-0.25, -0.2) is 0 Å². The van der Waals surface area contributed by atoms with E-state index in [1.807, 2.05) is 43.3 Å². The average Bonchev–Trinajstić information content (AvgIpc) is 3.09. The largest absolute Gasteiger partial charge is 0.405 e. The number of likely N-dealkylation sites (N-methyl/N-ethyl adjacent to an activating group) is 1. The molecule has 0 aromatic heterocycles. The summed E-state index contributed by atoms with van der Waals surface area (Å²) in [4.78, 5) is 15.0. The van der Waals surface area contributed by atoms with Crippen molar-refractivity contribution in [1.29, 1.82) is 5.41 Å². The summed E-state index contributed by atoms with van der Waals surface area (Å²) in [5.41, 5.74) is 8.12. The molecule has 0 spiro atoms. The van der Waals surface area contributed by atoms with Crippen molar-refractivity contribution in [3.05, 3.63) is 63.8 Å². The van der Waals surface area contributed by atoms with Gasteiger partial charge in [-0.05, 0) is 30.5 Å². The SMILES string of the molecule is C#CC1SC(C=O)=C/C1=C(/C=C\N)N(C)C.CN(C=N)c1ccccc1Cl. The maximum Gasteiger partial charge on any atom is 0.156 e. The summed E-state index contributed by atoms with van der Waals surface area (Å²) in [6, 6.07) is 7.43. The molecule has 1 aromatic carbocycles. The smallest absolute Gasteiger partial charge is 0.156 e. The Labute approximate surface area is 170 Å². The van der Waals surface area contributed by atoms with Gasteiger partial charge >= 0.3 is 0 Å². The Bertz CT molecular complexity index is 808. The minimum atomic E-state index is -0.117. The Morgan fingerprint density at radius 3 is 2.52 bits per heavy atom. The number of allylic oxidation sites excluding steroid dienone is 3. The number of nitrogens with one attached hydrogen (secondary N) is 1.